The van der Waals surface area contributed by atoms with Gasteiger partial charge in [0.05, 0.1) is 0 Å². The molecule has 0 unspecified atom stereocenters. The lowest BCUT2D eigenvalue weighted by molar-refractivity contribution is -0.129. The Kier molecular flexibility index (Phi) is 7.39. The molecule has 0 saturated heterocycles. The van der Waals surface area contributed by atoms with Gasteiger partial charge in [-0.25, -0.2) is 0 Å². The zero-order chi connectivity index (χ0) is 11.8. The normalized spacial score (nSPS) is 11.1. The van der Waals surface area contributed by atoms with Crippen LogP contribution in [0.15, 0.2) is 0 Å². The fraction of sp³-hybridized carbons (Fsp3) is 0.917. The summed E-state index contributed by atoms with van der Waals surface area (Å²) in [6.45, 7) is 10.2. The van der Waals surface area contributed by atoms with Crippen LogP contribution in [-0.4, -0.2) is 37.0 Å². The Morgan fingerprint density at radius 2 is 1.87 bits per heavy atom. The van der Waals surface area contributed by atoms with Gasteiger partial charge in [0.1, 0.15) is 0 Å². The first-order valence-electron chi connectivity index (χ1n) is 5.90. The number of hydrogen-bond acceptors (Lipinski definition) is 2. The second kappa shape index (κ2) is 7.69. The highest BCUT2D eigenvalue weighted by Gasteiger charge is 2.08. The third-order valence-corrected chi connectivity index (χ3v) is 2.36. The number of hydrogen-bond donors (Lipinski definition) is 1. The Balaban J connectivity index is 3.60. The van der Waals surface area contributed by atoms with Gasteiger partial charge in [-0.15, -0.1) is 0 Å². The van der Waals surface area contributed by atoms with Crippen molar-refractivity contribution >= 4 is 5.91 Å². The van der Waals surface area contributed by atoms with E-state index in [4.69, 9.17) is 0 Å². The molecule has 0 heterocycles. The first kappa shape index (κ1) is 14.4. The second-order valence-electron chi connectivity index (χ2n) is 4.86. The van der Waals surface area contributed by atoms with E-state index in [1.165, 1.54) is 0 Å². The maximum Gasteiger partial charge on any atom is 0.223 e. The van der Waals surface area contributed by atoms with E-state index in [0.717, 1.165) is 19.5 Å². The summed E-state index contributed by atoms with van der Waals surface area (Å²) in [6.07, 6.45) is 1.69. The summed E-state index contributed by atoms with van der Waals surface area (Å²) in [6, 6.07) is 0.457. The molecule has 1 amide bonds. The van der Waals surface area contributed by atoms with E-state index in [0.29, 0.717) is 18.4 Å². The van der Waals surface area contributed by atoms with E-state index in [2.05, 4.69) is 33.0 Å². The molecule has 0 radical (unpaired) electrons. The molecule has 0 aliphatic carbocycles. The summed E-state index contributed by atoms with van der Waals surface area (Å²) in [5.74, 6) is 0.901. The third-order valence-electron chi connectivity index (χ3n) is 2.36. The van der Waals surface area contributed by atoms with Gasteiger partial charge in [0.2, 0.25) is 5.91 Å². The van der Waals surface area contributed by atoms with Crippen LogP contribution in [0.4, 0.5) is 0 Å². The van der Waals surface area contributed by atoms with Crippen LogP contribution < -0.4 is 5.32 Å². The molecule has 0 saturated carbocycles. The maximum atomic E-state index is 11.6. The van der Waals surface area contributed by atoms with Crippen molar-refractivity contribution in [3.8, 4) is 0 Å². The van der Waals surface area contributed by atoms with Gasteiger partial charge in [-0.3, -0.25) is 4.79 Å². The van der Waals surface area contributed by atoms with Crippen LogP contribution >= 0.6 is 0 Å². The van der Waals surface area contributed by atoms with Crippen molar-refractivity contribution in [2.45, 2.75) is 46.6 Å². The lowest BCUT2D eigenvalue weighted by atomic mass is 10.1. The van der Waals surface area contributed by atoms with Gasteiger partial charge in [0.15, 0.2) is 0 Å². The summed E-state index contributed by atoms with van der Waals surface area (Å²) in [5.41, 5.74) is 0. The zero-order valence-corrected chi connectivity index (χ0v) is 10.8. The monoisotopic (exact) mass is 214 g/mol. The summed E-state index contributed by atoms with van der Waals surface area (Å²) < 4.78 is 0. The molecule has 0 aromatic heterocycles. The van der Waals surface area contributed by atoms with Crippen LogP contribution in [0.5, 0.6) is 0 Å². The fourth-order valence-electron chi connectivity index (χ4n) is 1.24. The van der Waals surface area contributed by atoms with Crippen molar-refractivity contribution in [3.63, 3.8) is 0 Å². The predicted octanol–water partition coefficient (Wildman–Crippen LogP) is 1.88. The number of carbonyl (C=O) groups is 1. The van der Waals surface area contributed by atoms with Crippen molar-refractivity contribution in [3.05, 3.63) is 0 Å². The minimum Gasteiger partial charge on any atom is -0.346 e. The van der Waals surface area contributed by atoms with E-state index >= 15 is 0 Å². The number of nitrogens with one attached hydrogen (secondary N) is 1. The molecule has 90 valence electrons. The maximum absolute atomic E-state index is 11.6. The van der Waals surface area contributed by atoms with Crippen molar-refractivity contribution in [1.29, 1.82) is 0 Å². The molecule has 0 spiro atoms. The van der Waals surface area contributed by atoms with Crippen LogP contribution in [0.25, 0.3) is 0 Å². The molecule has 0 rings (SSSR count). The highest BCUT2D eigenvalue weighted by Crippen LogP contribution is 2.01. The number of rotatable bonds is 7. The highest BCUT2D eigenvalue weighted by atomic mass is 16.2. The van der Waals surface area contributed by atoms with Gasteiger partial charge < -0.3 is 10.2 Å². The Bertz CT molecular complexity index is 178. The Labute approximate surface area is 94.2 Å². The standard InChI is InChI=1S/C12H26N2O/c1-10(2)7-9-14(5)12(15)6-8-13-11(3)4/h10-11,13H,6-9H2,1-5H3. The summed E-state index contributed by atoms with van der Waals surface area (Å²) in [5, 5.41) is 3.25. The van der Waals surface area contributed by atoms with Crippen LogP contribution in [-0.2, 0) is 4.79 Å². The topological polar surface area (TPSA) is 32.3 Å². The Hall–Kier alpha value is -0.570. The van der Waals surface area contributed by atoms with Gasteiger partial charge >= 0.3 is 0 Å². The third kappa shape index (κ3) is 8.43. The van der Waals surface area contributed by atoms with Crippen molar-refractivity contribution in [2.24, 2.45) is 5.92 Å². The van der Waals surface area contributed by atoms with Crippen molar-refractivity contribution in [1.82, 2.24) is 10.2 Å². The molecule has 0 aromatic carbocycles. The Morgan fingerprint density at radius 1 is 1.27 bits per heavy atom. The molecule has 0 aliphatic rings. The lowest BCUT2D eigenvalue weighted by Crippen LogP contribution is -2.32. The summed E-state index contributed by atoms with van der Waals surface area (Å²) in [7, 11) is 1.89. The number of amides is 1. The minimum atomic E-state index is 0.240. The van der Waals surface area contributed by atoms with Gasteiger partial charge in [0, 0.05) is 32.6 Å². The average Bonchev–Trinajstić information content (AvgIpc) is 2.13. The first-order valence-corrected chi connectivity index (χ1v) is 5.90. The van der Waals surface area contributed by atoms with Gasteiger partial charge in [-0.1, -0.05) is 27.7 Å². The van der Waals surface area contributed by atoms with E-state index in [1.54, 1.807) is 0 Å². The van der Waals surface area contributed by atoms with E-state index in [1.807, 2.05) is 11.9 Å². The van der Waals surface area contributed by atoms with Crippen molar-refractivity contribution in [2.75, 3.05) is 20.1 Å². The minimum absolute atomic E-state index is 0.240. The molecule has 0 atom stereocenters. The Morgan fingerprint density at radius 3 is 2.33 bits per heavy atom. The first-order chi connectivity index (χ1) is 6.93. The van der Waals surface area contributed by atoms with Gasteiger partial charge in [-0.05, 0) is 12.3 Å². The quantitative estimate of drug-likeness (QED) is 0.702. The number of carbonyl (C=O) groups excluding carboxylic acids is 1. The molecule has 3 heteroatoms. The summed E-state index contributed by atoms with van der Waals surface area (Å²) in [4.78, 5) is 13.5. The molecule has 0 fully saturated rings. The smallest absolute Gasteiger partial charge is 0.223 e. The van der Waals surface area contributed by atoms with Crippen LogP contribution in [0.3, 0.4) is 0 Å². The molecular formula is C12H26N2O. The van der Waals surface area contributed by atoms with E-state index in [-0.39, 0.29) is 5.91 Å². The second-order valence-corrected chi connectivity index (χ2v) is 4.86. The average molecular weight is 214 g/mol. The molecule has 3 nitrogen and oxygen atoms in total. The SMILES string of the molecule is CC(C)CCN(C)C(=O)CCNC(C)C. The summed E-state index contributed by atoms with van der Waals surface area (Å²) >= 11 is 0. The van der Waals surface area contributed by atoms with Crippen LogP contribution in [0, 0.1) is 5.92 Å². The van der Waals surface area contributed by atoms with Gasteiger partial charge in [-0.2, -0.15) is 0 Å². The highest BCUT2D eigenvalue weighted by molar-refractivity contribution is 5.76. The predicted molar refractivity (Wildman–Crippen MR) is 64.8 cm³/mol. The molecule has 0 aromatic rings. The number of nitrogens with zero attached hydrogens (tertiary/aromatic N) is 1. The molecule has 1 N–H and O–H groups in total. The van der Waals surface area contributed by atoms with E-state index < -0.39 is 0 Å². The molecular weight excluding hydrogens is 188 g/mol. The van der Waals surface area contributed by atoms with Crippen molar-refractivity contribution < 1.29 is 4.79 Å². The molecule has 0 bridgehead atoms. The fourth-order valence-corrected chi connectivity index (χ4v) is 1.24. The van der Waals surface area contributed by atoms with Crippen LogP contribution in [0.2, 0.25) is 0 Å². The van der Waals surface area contributed by atoms with E-state index in [9.17, 15) is 4.79 Å². The zero-order valence-electron chi connectivity index (χ0n) is 10.8. The van der Waals surface area contributed by atoms with Gasteiger partial charge in [0.25, 0.3) is 0 Å². The van der Waals surface area contributed by atoms with Crippen LogP contribution in [0.1, 0.15) is 40.5 Å². The molecule has 15 heavy (non-hydrogen) atoms. The largest absolute Gasteiger partial charge is 0.346 e. The lowest BCUT2D eigenvalue weighted by Gasteiger charge is -2.18. The molecule has 0 aliphatic heterocycles.